The highest BCUT2D eigenvalue weighted by atomic mass is 19.1. The first kappa shape index (κ1) is 11.0. The van der Waals surface area contributed by atoms with Gasteiger partial charge >= 0.3 is 0 Å². The average molecular weight is 222 g/mol. The Kier molecular flexibility index (Phi) is 2.86. The second-order valence-corrected chi connectivity index (χ2v) is 4.08. The third-order valence-corrected chi connectivity index (χ3v) is 2.94. The molecular weight excluding hydrogens is 210 g/mol. The summed E-state index contributed by atoms with van der Waals surface area (Å²) >= 11 is 0. The van der Waals surface area contributed by atoms with E-state index in [1.165, 1.54) is 12.1 Å². The lowest BCUT2D eigenvalue weighted by Gasteiger charge is -2.19. The van der Waals surface area contributed by atoms with Crippen molar-refractivity contribution in [3.05, 3.63) is 47.0 Å². The second-order valence-electron chi connectivity index (χ2n) is 4.08. The number of rotatable bonds is 1. The molecular formula is C13H12F2O. The number of hydrogen-bond acceptors (Lipinski definition) is 1. The number of benzene rings is 1. The summed E-state index contributed by atoms with van der Waals surface area (Å²) in [5, 5.41) is 0. The van der Waals surface area contributed by atoms with Crippen LogP contribution in [-0.4, -0.2) is 5.78 Å². The normalized spacial score (nSPS) is 20.8. The van der Waals surface area contributed by atoms with Crippen LogP contribution in [0.4, 0.5) is 8.78 Å². The first-order chi connectivity index (χ1) is 7.58. The molecule has 84 valence electrons. The van der Waals surface area contributed by atoms with Crippen molar-refractivity contribution < 1.29 is 13.6 Å². The van der Waals surface area contributed by atoms with Gasteiger partial charge in [-0.3, -0.25) is 4.79 Å². The molecule has 0 amide bonds. The molecule has 3 heteroatoms. The minimum atomic E-state index is -0.575. The molecule has 0 bridgehead atoms. The average Bonchev–Trinajstić information content (AvgIpc) is 2.22. The molecule has 0 saturated heterocycles. The van der Waals surface area contributed by atoms with Crippen LogP contribution in [0.25, 0.3) is 0 Å². The highest BCUT2D eigenvalue weighted by Crippen LogP contribution is 2.31. The molecule has 0 radical (unpaired) electrons. The van der Waals surface area contributed by atoms with Crippen LogP contribution in [0.2, 0.25) is 0 Å². The third kappa shape index (κ3) is 2.03. The summed E-state index contributed by atoms with van der Waals surface area (Å²) in [4.78, 5) is 11.3. The van der Waals surface area contributed by atoms with Crippen molar-refractivity contribution in [3.8, 4) is 0 Å². The molecule has 1 aromatic carbocycles. The molecule has 1 aliphatic carbocycles. The number of halogens is 2. The fraction of sp³-hybridized carbons (Fsp3) is 0.308. The Labute approximate surface area is 92.8 Å². The van der Waals surface area contributed by atoms with Crippen molar-refractivity contribution in [2.45, 2.75) is 25.7 Å². The maximum Gasteiger partial charge on any atom is 0.158 e. The smallest absolute Gasteiger partial charge is 0.158 e. The minimum Gasteiger partial charge on any atom is -0.295 e. The van der Waals surface area contributed by atoms with E-state index in [1.807, 2.05) is 0 Å². The van der Waals surface area contributed by atoms with Crippen molar-refractivity contribution in [3.63, 3.8) is 0 Å². The van der Waals surface area contributed by atoms with E-state index in [1.54, 1.807) is 13.0 Å². The predicted octanol–water partition coefficient (Wildman–Crippen LogP) is 3.36. The summed E-state index contributed by atoms with van der Waals surface area (Å²) in [6, 6.07) is 3.59. The van der Waals surface area contributed by atoms with E-state index in [0.29, 0.717) is 24.0 Å². The molecule has 0 N–H and O–H groups in total. The van der Waals surface area contributed by atoms with E-state index in [9.17, 15) is 13.6 Å². The van der Waals surface area contributed by atoms with Crippen LogP contribution >= 0.6 is 0 Å². The first-order valence-electron chi connectivity index (χ1n) is 5.24. The summed E-state index contributed by atoms with van der Waals surface area (Å²) in [6.45, 7) is 1.73. The Balaban J connectivity index is 2.35. The molecule has 16 heavy (non-hydrogen) atoms. The Hall–Kier alpha value is -1.51. The van der Waals surface area contributed by atoms with Gasteiger partial charge < -0.3 is 0 Å². The Morgan fingerprint density at radius 3 is 2.69 bits per heavy atom. The summed E-state index contributed by atoms with van der Waals surface area (Å²) < 4.78 is 26.2. The molecule has 0 saturated carbocycles. The van der Waals surface area contributed by atoms with Crippen molar-refractivity contribution in [1.29, 1.82) is 0 Å². The quantitative estimate of drug-likeness (QED) is 0.712. The predicted molar refractivity (Wildman–Crippen MR) is 57.1 cm³/mol. The number of carbonyl (C=O) groups is 1. The van der Waals surface area contributed by atoms with E-state index < -0.39 is 11.6 Å². The van der Waals surface area contributed by atoms with Gasteiger partial charge in [0.2, 0.25) is 0 Å². The van der Waals surface area contributed by atoms with E-state index in [-0.39, 0.29) is 11.7 Å². The van der Waals surface area contributed by atoms with E-state index in [2.05, 4.69) is 0 Å². The van der Waals surface area contributed by atoms with Crippen molar-refractivity contribution >= 4 is 5.78 Å². The maximum absolute atomic E-state index is 13.5. The molecule has 0 aliphatic heterocycles. The topological polar surface area (TPSA) is 17.1 Å². The van der Waals surface area contributed by atoms with E-state index >= 15 is 0 Å². The Bertz CT molecular complexity index is 463. The zero-order valence-electron chi connectivity index (χ0n) is 8.97. The van der Waals surface area contributed by atoms with E-state index in [4.69, 9.17) is 0 Å². The fourth-order valence-electron chi connectivity index (χ4n) is 2.01. The van der Waals surface area contributed by atoms with Crippen molar-refractivity contribution in [2.24, 2.45) is 0 Å². The van der Waals surface area contributed by atoms with Gasteiger partial charge in [-0.25, -0.2) is 8.78 Å². The highest BCUT2D eigenvalue weighted by Gasteiger charge is 2.21. The van der Waals surface area contributed by atoms with Crippen molar-refractivity contribution in [2.75, 3.05) is 0 Å². The molecule has 1 atom stereocenters. The molecule has 1 unspecified atom stereocenters. The van der Waals surface area contributed by atoms with Gasteiger partial charge in [-0.1, -0.05) is 12.1 Å². The van der Waals surface area contributed by atoms with Crippen LogP contribution in [0, 0.1) is 11.6 Å². The van der Waals surface area contributed by atoms with Gasteiger partial charge in [0, 0.05) is 18.4 Å². The standard InChI is InChI=1S/C13H12F2O/c1-8-6-9(2-5-13(8)16)11-4-3-10(14)7-12(11)15/h3-4,6-7,9H,2,5H2,1H3. The summed E-state index contributed by atoms with van der Waals surface area (Å²) in [5.41, 5.74) is 1.13. The molecule has 0 fully saturated rings. The number of Topliss-reactive ketones (excluding diaryl/α,β-unsaturated/α-hetero) is 1. The largest absolute Gasteiger partial charge is 0.295 e. The van der Waals surface area contributed by atoms with E-state index in [0.717, 1.165) is 6.07 Å². The van der Waals surface area contributed by atoms with Crippen LogP contribution in [0.5, 0.6) is 0 Å². The molecule has 0 heterocycles. The summed E-state index contributed by atoms with van der Waals surface area (Å²) in [6.07, 6.45) is 2.80. The van der Waals surface area contributed by atoms with Gasteiger partial charge in [0.15, 0.2) is 5.78 Å². The molecule has 1 nitrogen and oxygen atoms in total. The SMILES string of the molecule is CC1=CC(c2ccc(F)cc2F)CCC1=O. The van der Waals surface area contributed by atoms with Gasteiger partial charge in [0.05, 0.1) is 0 Å². The highest BCUT2D eigenvalue weighted by molar-refractivity contribution is 5.95. The fourth-order valence-corrected chi connectivity index (χ4v) is 2.01. The molecule has 1 aliphatic rings. The number of allylic oxidation sites excluding steroid dienone is 2. The number of ketones is 1. The lowest BCUT2D eigenvalue weighted by Crippen LogP contribution is -2.12. The minimum absolute atomic E-state index is 0.110. The van der Waals surface area contributed by atoms with Crippen LogP contribution in [0.1, 0.15) is 31.2 Å². The monoisotopic (exact) mass is 222 g/mol. The zero-order valence-corrected chi connectivity index (χ0v) is 8.97. The molecule has 0 aromatic heterocycles. The van der Waals surface area contributed by atoms with Crippen LogP contribution in [-0.2, 0) is 4.79 Å². The third-order valence-electron chi connectivity index (χ3n) is 2.94. The van der Waals surface area contributed by atoms with Gasteiger partial charge in [-0.05, 0) is 30.5 Å². The number of carbonyl (C=O) groups excluding carboxylic acids is 1. The summed E-state index contributed by atoms with van der Waals surface area (Å²) in [5.74, 6) is -1.12. The van der Waals surface area contributed by atoms with Crippen LogP contribution in [0.3, 0.4) is 0 Å². The first-order valence-corrected chi connectivity index (χ1v) is 5.24. The van der Waals surface area contributed by atoms with Crippen LogP contribution < -0.4 is 0 Å². The maximum atomic E-state index is 13.5. The van der Waals surface area contributed by atoms with Gasteiger partial charge in [0.1, 0.15) is 11.6 Å². The lowest BCUT2D eigenvalue weighted by molar-refractivity contribution is -0.116. The van der Waals surface area contributed by atoms with Crippen LogP contribution in [0.15, 0.2) is 29.8 Å². The van der Waals surface area contributed by atoms with Gasteiger partial charge in [-0.15, -0.1) is 0 Å². The Morgan fingerprint density at radius 2 is 2.06 bits per heavy atom. The lowest BCUT2D eigenvalue weighted by atomic mass is 9.85. The van der Waals surface area contributed by atoms with Gasteiger partial charge in [0.25, 0.3) is 0 Å². The Morgan fingerprint density at radius 1 is 1.31 bits per heavy atom. The molecule has 1 aromatic rings. The molecule has 2 rings (SSSR count). The van der Waals surface area contributed by atoms with Gasteiger partial charge in [-0.2, -0.15) is 0 Å². The zero-order chi connectivity index (χ0) is 11.7. The number of hydrogen-bond donors (Lipinski definition) is 0. The summed E-state index contributed by atoms with van der Waals surface area (Å²) in [7, 11) is 0. The van der Waals surface area contributed by atoms with Crippen molar-refractivity contribution in [1.82, 2.24) is 0 Å². The molecule has 0 spiro atoms. The second kappa shape index (κ2) is 4.16.